The van der Waals surface area contributed by atoms with E-state index in [0.29, 0.717) is 19.3 Å². The Balaban J connectivity index is 2.72. The number of aliphatic hydroxyl groups is 2. The van der Waals surface area contributed by atoms with E-state index >= 15 is 0 Å². The highest BCUT2D eigenvalue weighted by Crippen LogP contribution is 2.26. The molecule has 0 aromatic heterocycles. The van der Waals surface area contributed by atoms with Gasteiger partial charge >= 0.3 is 23.9 Å². The number of hydrogen-bond acceptors (Lipinski definition) is 11. The predicted molar refractivity (Wildman–Crippen MR) is 285 cm³/mol. The molecule has 0 saturated carbocycles. The van der Waals surface area contributed by atoms with Crippen molar-refractivity contribution >= 4 is 23.9 Å². The lowest BCUT2D eigenvalue weighted by Gasteiger charge is -2.40. The summed E-state index contributed by atoms with van der Waals surface area (Å²) >= 11 is 0. The molecule has 410 valence electrons. The highest BCUT2D eigenvalue weighted by Gasteiger charge is 2.50. The fraction of sp³-hybridized carbons (Fsp3) is 0.797. The molecule has 1 fully saturated rings. The summed E-state index contributed by atoms with van der Waals surface area (Å²) in [5.74, 6) is -3.14. The first-order chi connectivity index (χ1) is 34.6. The van der Waals surface area contributed by atoms with Gasteiger partial charge in [0.2, 0.25) is 0 Å². The lowest BCUT2D eigenvalue weighted by molar-refractivity contribution is -0.301. The molecule has 1 aliphatic heterocycles. The molecule has 0 aromatic rings. The third-order valence-corrected chi connectivity index (χ3v) is 12.9. The van der Waals surface area contributed by atoms with Crippen LogP contribution in [0.15, 0.2) is 48.6 Å². The molecular formula is C59H102O12. The second kappa shape index (κ2) is 47.7. The first kappa shape index (κ1) is 65.7. The second-order valence-electron chi connectivity index (χ2n) is 19.5. The summed E-state index contributed by atoms with van der Waals surface area (Å²) < 4.78 is 28.4. The van der Waals surface area contributed by atoms with Crippen molar-refractivity contribution in [2.75, 3.05) is 13.2 Å². The van der Waals surface area contributed by atoms with Gasteiger partial charge in [-0.15, -0.1) is 0 Å². The van der Waals surface area contributed by atoms with Gasteiger partial charge in [0.1, 0.15) is 18.8 Å². The van der Waals surface area contributed by atoms with Gasteiger partial charge in [-0.1, -0.05) is 204 Å². The number of ether oxygens (including phenoxy) is 5. The van der Waals surface area contributed by atoms with Crippen LogP contribution < -0.4 is 0 Å². The van der Waals surface area contributed by atoms with Gasteiger partial charge in [0, 0.05) is 19.3 Å². The number of carboxylic acids is 1. The van der Waals surface area contributed by atoms with E-state index in [9.17, 15) is 34.5 Å². The Labute approximate surface area is 431 Å². The number of aliphatic hydroxyl groups excluding tert-OH is 2. The lowest BCUT2D eigenvalue weighted by Crippen LogP contribution is -2.61. The molecule has 1 rings (SSSR count). The van der Waals surface area contributed by atoms with Gasteiger partial charge in [0.25, 0.3) is 0 Å². The molecule has 3 N–H and O–H groups in total. The minimum Gasteiger partial charge on any atom is -0.479 e. The van der Waals surface area contributed by atoms with Crippen LogP contribution in [0.2, 0.25) is 0 Å². The smallest absolute Gasteiger partial charge is 0.335 e. The maximum Gasteiger partial charge on any atom is 0.335 e. The SMILES string of the molecule is CC/C=C\C/C=C\C/C=C\CCCCCCCC(=O)OCC(COC1OC(C(=O)O)C(O)C(O)C1OC(=O)CCCCCCCCCCCCCCC)OC(=O)CCCCCCC/C=C\CCCCCC. The summed E-state index contributed by atoms with van der Waals surface area (Å²) in [7, 11) is 0. The number of hydrogen-bond donors (Lipinski definition) is 3. The Hall–Kier alpha value is -3.32. The summed E-state index contributed by atoms with van der Waals surface area (Å²) in [6.07, 6.45) is 43.7. The molecule has 0 spiro atoms. The molecule has 12 heteroatoms. The molecule has 1 aliphatic rings. The molecule has 6 atom stereocenters. The summed E-state index contributed by atoms with van der Waals surface area (Å²) in [4.78, 5) is 51.0. The van der Waals surface area contributed by atoms with E-state index in [1.54, 1.807) is 0 Å². The third kappa shape index (κ3) is 38.0. The Kier molecular flexibility index (Phi) is 44.1. The Morgan fingerprint density at radius 1 is 0.479 bits per heavy atom. The number of carbonyl (C=O) groups excluding carboxylic acids is 3. The van der Waals surface area contributed by atoms with E-state index in [1.165, 1.54) is 77.0 Å². The van der Waals surface area contributed by atoms with Gasteiger partial charge in [-0.05, 0) is 77.0 Å². The van der Waals surface area contributed by atoms with Crippen LogP contribution in [0.4, 0.5) is 0 Å². The van der Waals surface area contributed by atoms with Crippen LogP contribution in [0.5, 0.6) is 0 Å². The lowest BCUT2D eigenvalue weighted by atomic mass is 9.98. The Morgan fingerprint density at radius 3 is 1.38 bits per heavy atom. The molecule has 0 amide bonds. The monoisotopic (exact) mass is 1000 g/mol. The zero-order valence-electron chi connectivity index (χ0n) is 45.0. The van der Waals surface area contributed by atoms with Crippen LogP contribution in [-0.4, -0.2) is 89.2 Å². The highest BCUT2D eigenvalue weighted by atomic mass is 16.7. The largest absolute Gasteiger partial charge is 0.479 e. The second-order valence-corrected chi connectivity index (χ2v) is 19.5. The van der Waals surface area contributed by atoms with Crippen molar-refractivity contribution in [1.29, 1.82) is 0 Å². The van der Waals surface area contributed by atoms with E-state index in [1.807, 2.05) is 0 Å². The predicted octanol–water partition coefficient (Wildman–Crippen LogP) is 14.2. The minimum absolute atomic E-state index is 0.0613. The number of carboxylic acid groups (broad SMARTS) is 1. The number of rotatable bonds is 48. The molecule has 1 heterocycles. The number of aliphatic carboxylic acids is 1. The molecule has 0 aromatic carbocycles. The van der Waals surface area contributed by atoms with E-state index < -0.39 is 67.3 Å². The Morgan fingerprint density at radius 2 is 0.887 bits per heavy atom. The minimum atomic E-state index is -1.90. The summed E-state index contributed by atoms with van der Waals surface area (Å²) in [6.45, 7) is 5.84. The average Bonchev–Trinajstić information content (AvgIpc) is 3.35. The fourth-order valence-corrected chi connectivity index (χ4v) is 8.49. The molecule has 0 aliphatic carbocycles. The summed E-state index contributed by atoms with van der Waals surface area (Å²) in [5, 5.41) is 31.4. The van der Waals surface area contributed by atoms with Crippen LogP contribution >= 0.6 is 0 Å². The standard InChI is InChI=1S/C59H102O12/c1-4-7-10-13-16-19-22-25-26-29-30-33-36-39-42-45-51(60)67-48-50(69-52(61)46-43-40-37-34-31-27-23-20-17-14-11-8-5-2)49-68-59-57(55(64)54(63)56(71-59)58(65)66)70-53(62)47-44-41-38-35-32-28-24-21-18-15-12-9-6-3/h7,10,16,19-20,23,25-26,50,54-57,59,63-64H,4-6,8-9,11-15,17-18,21-22,24,27-49H2,1-3H3,(H,65,66)/b10-7-,19-16-,23-20-,26-25-. The van der Waals surface area contributed by atoms with Crippen LogP contribution in [0, 0.1) is 0 Å². The number of esters is 3. The number of unbranched alkanes of at least 4 members (excludes halogenated alkanes) is 26. The van der Waals surface area contributed by atoms with Gasteiger partial charge in [0.15, 0.2) is 24.6 Å². The van der Waals surface area contributed by atoms with Crippen molar-refractivity contribution in [2.45, 2.75) is 289 Å². The van der Waals surface area contributed by atoms with Crippen molar-refractivity contribution in [3.05, 3.63) is 48.6 Å². The maximum atomic E-state index is 13.1. The number of allylic oxidation sites excluding steroid dienone is 8. The maximum absolute atomic E-state index is 13.1. The molecule has 0 bridgehead atoms. The summed E-state index contributed by atoms with van der Waals surface area (Å²) in [6, 6.07) is 0. The highest BCUT2D eigenvalue weighted by molar-refractivity contribution is 5.74. The molecule has 1 saturated heterocycles. The van der Waals surface area contributed by atoms with Gasteiger partial charge in [-0.2, -0.15) is 0 Å². The molecular weight excluding hydrogens is 901 g/mol. The van der Waals surface area contributed by atoms with Crippen LogP contribution in [0.25, 0.3) is 0 Å². The molecule has 12 nitrogen and oxygen atoms in total. The van der Waals surface area contributed by atoms with Crippen molar-refractivity contribution in [1.82, 2.24) is 0 Å². The normalized spacial score (nSPS) is 18.8. The fourth-order valence-electron chi connectivity index (χ4n) is 8.49. The van der Waals surface area contributed by atoms with Crippen molar-refractivity contribution < 1.29 is 58.2 Å². The van der Waals surface area contributed by atoms with Crippen molar-refractivity contribution in [3.8, 4) is 0 Å². The zero-order chi connectivity index (χ0) is 51.8. The van der Waals surface area contributed by atoms with Gasteiger partial charge in [-0.3, -0.25) is 14.4 Å². The van der Waals surface area contributed by atoms with Crippen molar-refractivity contribution in [2.24, 2.45) is 0 Å². The summed E-state index contributed by atoms with van der Waals surface area (Å²) in [5.41, 5.74) is 0. The van der Waals surface area contributed by atoms with E-state index in [4.69, 9.17) is 23.7 Å². The Bertz CT molecular complexity index is 1420. The quantitative estimate of drug-likeness (QED) is 0.0228. The zero-order valence-corrected chi connectivity index (χ0v) is 45.0. The van der Waals surface area contributed by atoms with E-state index in [2.05, 4.69) is 69.4 Å². The van der Waals surface area contributed by atoms with Crippen LogP contribution in [0.3, 0.4) is 0 Å². The third-order valence-electron chi connectivity index (χ3n) is 12.9. The number of carbonyl (C=O) groups is 4. The molecule has 0 radical (unpaired) electrons. The first-order valence-corrected chi connectivity index (χ1v) is 28.6. The van der Waals surface area contributed by atoms with Crippen molar-refractivity contribution in [3.63, 3.8) is 0 Å². The van der Waals surface area contributed by atoms with E-state index in [0.717, 1.165) is 116 Å². The molecule has 6 unspecified atom stereocenters. The molecule has 71 heavy (non-hydrogen) atoms. The van der Waals surface area contributed by atoms with Gasteiger partial charge in [-0.25, -0.2) is 4.79 Å². The van der Waals surface area contributed by atoms with E-state index in [-0.39, 0.29) is 25.9 Å². The topological polar surface area (TPSA) is 175 Å². The van der Waals surface area contributed by atoms with Crippen LogP contribution in [0.1, 0.15) is 252 Å². The average molecular weight is 1000 g/mol. The van der Waals surface area contributed by atoms with Gasteiger partial charge in [0.05, 0.1) is 6.61 Å². The van der Waals surface area contributed by atoms with Crippen LogP contribution in [-0.2, 0) is 42.9 Å². The first-order valence-electron chi connectivity index (χ1n) is 28.6. The van der Waals surface area contributed by atoms with Gasteiger partial charge < -0.3 is 39.0 Å².